The van der Waals surface area contributed by atoms with Gasteiger partial charge in [-0.2, -0.15) is 0 Å². The van der Waals surface area contributed by atoms with Crippen molar-refractivity contribution in [3.05, 3.63) is 18.6 Å². The van der Waals surface area contributed by atoms with E-state index in [2.05, 4.69) is 22.3 Å². The third-order valence-corrected chi connectivity index (χ3v) is 2.91. The van der Waals surface area contributed by atoms with Gasteiger partial charge in [-0.1, -0.05) is 0 Å². The molecule has 0 aromatic carbocycles. The first-order valence-electron chi connectivity index (χ1n) is 5.69. The monoisotopic (exact) mass is 250 g/mol. The summed E-state index contributed by atoms with van der Waals surface area (Å²) in [5.41, 5.74) is 3.35. The number of hydrogen-bond acceptors (Lipinski definition) is 6. The van der Waals surface area contributed by atoms with Crippen LogP contribution in [0.3, 0.4) is 0 Å². The number of nitrogens with one attached hydrogen (secondary N) is 1. The molecule has 0 aliphatic rings. The van der Waals surface area contributed by atoms with E-state index in [4.69, 9.17) is 10.6 Å². The SMILES string of the molecule is COCC(C)N(C)c1nc(NN)cn2ccnc12. The van der Waals surface area contributed by atoms with Crippen LogP contribution in [0.4, 0.5) is 11.6 Å². The molecule has 1 atom stereocenters. The lowest BCUT2D eigenvalue weighted by molar-refractivity contribution is 0.183. The molecule has 18 heavy (non-hydrogen) atoms. The summed E-state index contributed by atoms with van der Waals surface area (Å²) in [5.74, 6) is 6.78. The van der Waals surface area contributed by atoms with E-state index in [1.165, 1.54) is 0 Å². The van der Waals surface area contributed by atoms with Crippen LogP contribution in [0.2, 0.25) is 0 Å². The van der Waals surface area contributed by atoms with E-state index in [-0.39, 0.29) is 6.04 Å². The van der Waals surface area contributed by atoms with E-state index in [9.17, 15) is 0 Å². The second-order valence-corrected chi connectivity index (χ2v) is 4.17. The number of methoxy groups -OCH3 is 1. The fourth-order valence-corrected chi connectivity index (χ4v) is 1.78. The second-order valence-electron chi connectivity index (χ2n) is 4.17. The molecule has 1 unspecified atom stereocenters. The quantitative estimate of drug-likeness (QED) is 0.593. The zero-order chi connectivity index (χ0) is 13.1. The molecular weight excluding hydrogens is 232 g/mol. The molecule has 0 amide bonds. The van der Waals surface area contributed by atoms with Crippen LogP contribution in [0, 0.1) is 0 Å². The number of imidazole rings is 1. The molecule has 0 saturated heterocycles. The lowest BCUT2D eigenvalue weighted by atomic mass is 10.3. The molecule has 98 valence electrons. The number of ether oxygens (including phenoxy) is 1. The van der Waals surface area contributed by atoms with Gasteiger partial charge in [-0.15, -0.1) is 0 Å². The number of hydrogen-bond donors (Lipinski definition) is 2. The van der Waals surface area contributed by atoms with E-state index < -0.39 is 0 Å². The Morgan fingerprint density at radius 2 is 2.39 bits per heavy atom. The summed E-state index contributed by atoms with van der Waals surface area (Å²) < 4.78 is 7.04. The van der Waals surface area contributed by atoms with Crippen LogP contribution in [0.15, 0.2) is 18.6 Å². The van der Waals surface area contributed by atoms with Crippen LogP contribution in [0.5, 0.6) is 0 Å². The molecule has 2 aromatic heterocycles. The minimum Gasteiger partial charge on any atom is -0.383 e. The van der Waals surface area contributed by atoms with Crippen molar-refractivity contribution in [3.63, 3.8) is 0 Å². The number of rotatable bonds is 5. The van der Waals surface area contributed by atoms with Gasteiger partial charge in [0.25, 0.3) is 0 Å². The van der Waals surface area contributed by atoms with E-state index in [0.29, 0.717) is 12.4 Å². The van der Waals surface area contributed by atoms with Gasteiger partial charge in [-0.25, -0.2) is 15.8 Å². The fourth-order valence-electron chi connectivity index (χ4n) is 1.78. The molecule has 2 heterocycles. The molecule has 7 heteroatoms. The molecule has 0 aliphatic heterocycles. The van der Waals surface area contributed by atoms with Gasteiger partial charge in [0.2, 0.25) is 0 Å². The number of nitrogens with zero attached hydrogens (tertiary/aromatic N) is 4. The topological polar surface area (TPSA) is 80.7 Å². The first kappa shape index (κ1) is 12.6. The minimum atomic E-state index is 0.191. The minimum absolute atomic E-state index is 0.191. The number of nitrogen functional groups attached to an aromatic ring is 1. The van der Waals surface area contributed by atoms with Crippen molar-refractivity contribution in [2.75, 3.05) is 31.1 Å². The molecule has 2 rings (SSSR count). The van der Waals surface area contributed by atoms with Crippen LogP contribution in [0.25, 0.3) is 5.65 Å². The Morgan fingerprint density at radius 1 is 1.61 bits per heavy atom. The summed E-state index contributed by atoms with van der Waals surface area (Å²) in [6.07, 6.45) is 5.38. The standard InChI is InChI=1S/C11H18N6O/c1-8(7-18-3)16(2)11-10-13-4-5-17(10)6-9(14-11)15-12/h4-6,8,15H,7,12H2,1-3H3. The number of likely N-dealkylation sites (N-methyl/N-ethyl adjacent to an activating group) is 1. The highest BCUT2D eigenvalue weighted by Crippen LogP contribution is 2.20. The number of nitrogens with two attached hydrogens (primary N) is 1. The third kappa shape index (κ3) is 2.22. The molecule has 3 N–H and O–H groups in total. The molecular formula is C11H18N6O. The van der Waals surface area contributed by atoms with Crippen molar-refractivity contribution in [2.24, 2.45) is 5.84 Å². The third-order valence-electron chi connectivity index (χ3n) is 2.91. The molecule has 0 aliphatic carbocycles. The van der Waals surface area contributed by atoms with E-state index in [0.717, 1.165) is 11.5 Å². The Hall–Kier alpha value is -1.86. The maximum atomic E-state index is 5.42. The zero-order valence-electron chi connectivity index (χ0n) is 10.8. The highest BCUT2D eigenvalue weighted by Gasteiger charge is 2.16. The average Bonchev–Trinajstić information content (AvgIpc) is 2.84. The summed E-state index contributed by atoms with van der Waals surface area (Å²) in [5, 5.41) is 0. The Bertz CT molecular complexity index is 525. The van der Waals surface area contributed by atoms with E-state index in [1.54, 1.807) is 19.5 Å². The van der Waals surface area contributed by atoms with Crippen LogP contribution in [0.1, 0.15) is 6.92 Å². The van der Waals surface area contributed by atoms with Crippen molar-refractivity contribution in [3.8, 4) is 0 Å². The maximum Gasteiger partial charge on any atom is 0.180 e. The van der Waals surface area contributed by atoms with Gasteiger partial charge >= 0.3 is 0 Å². The van der Waals surface area contributed by atoms with Crippen LogP contribution in [-0.2, 0) is 4.74 Å². The van der Waals surface area contributed by atoms with Gasteiger partial charge in [-0.3, -0.25) is 0 Å². The van der Waals surface area contributed by atoms with Crippen molar-refractivity contribution in [2.45, 2.75) is 13.0 Å². The van der Waals surface area contributed by atoms with Gasteiger partial charge in [-0.05, 0) is 6.92 Å². The molecule has 0 spiro atoms. The first-order chi connectivity index (χ1) is 8.67. The van der Waals surface area contributed by atoms with Gasteiger partial charge < -0.3 is 19.5 Å². The fraction of sp³-hybridized carbons (Fsp3) is 0.455. The maximum absolute atomic E-state index is 5.42. The van der Waals surface area contributed by atoms with Crippen molar-refractivity contribution in [1.29, 1.82) is 0 Å². The largest absolute Gasteiger partial charge is 0.383 e. The lowest BCUT2D eigenvalue weighted by Crippen LogP contribution is -2.33. The molecule has 0 fully saturated rings. The number of aromatic nitrogens is 3. The summed E-state index contributed by atoms with van der Waals surface area (Å²) >= 11 is 0. The Morgan fingerprint density at radius 3 is 3.06 bits per heavy atom. The van der Waals surface area contributed by atoms with Gasteiger partial charge in [0.1, 0.15) is 0 Å². The van der Waals surface area contributed by atoms with Gasteiger partial charge in [0, 0.05) is 26.6 Å². The highest BCUT2D eigenvalue weighted by molar-refractivity contribution is 5.66. The number of fused-ring (bicyclic) bond motifs is 1. The molecule has 0 saturated carbocycles. The Kier molecular flexibility index (Phi) is 3.63. The summed E-state index contributed by atoms with van der Waals surface area (Å²) in [4.78, 5) is 10.8. The van der Waals surface area contributed by atoms with Crippen LogP contribution < -0.4 is 16.2 Å². The van der Waals surface area contributed by atoms with Gasteiger partial charge in [0.05, 0.1) is 18.8 Å². The van der Waals surface area contributed by atoms with Crippen LogP contribution in [-0.4, -0.2) is 41.2 Å². The Balaban J connectivity index is 2.44. The highest BCUT2D eigenvalue weighted by atomic mass is 16.5. The first-order valence-corrected chi connectivity index (χ1v) is 5.69. The van der Waals surface area contributed by atoms with Crippen LogP contribution >= 0.6 is 0 Å². The summed E-state index contributed by atoms with van der Waals surface area (Å²) in [6, 6.07) is 0.191. The number of hydrazine groups is 1. The predicted molar refractivity (Wildman–Crippen MR) is 70.5 cm³/mol. The van der Waals surface area contributed by atoms with Crippen molar-refractivity contribution < 1.29 is 4.74 Å². The van der Waals surface area contributed by atoms with Crippen molar-refractivity contribution in [1.82, 2.24) is 14.4 Å². The normalized spacial score (nSPS) is 12.7. The van der Waals surface area contributed by atoms with Crippen molar-refractivity contribution >= 4 is 17.3 Å². The van der Waals surface area contributed by atoms with Gasteiger partial charge in [0.15, 0.2) is 17.3 Å². The van der Waals surface area contributed by atoms with E-state index in [1.807, 2.05) is 22.5 Å². The average molecular weight is 250 g/mol. The van der Waals surface area contributed by atoms with E-state index >= 15 is 0 Å². The molecule has 0 radical (unpaired) electrons. The summed E-state index contributed by atoms with van der Waals surface area (Å²) in [6.45, 7) is 2.68. The number of anilines is 2. The smallest absolute Gasteiger partial charge is 0.180 e. The predicted octanol–water partition coefficient (Wildman–Crippen LogP) is 0.486. The Labute approximate surface area is 106 Å². The zero-order valence-corrected chi connectivity index (χ0v) is 10.8. The summed E-state index contributed by atoms with van der Waals surface area (Å²) in [7, 11) is 3.64. The lowest BCUT2D eigenvalue weighted by Gasteiger charge is -2.25. The molecule has 2 aromatic rings. The second kappa shape index (κ2) is 5.19. The molecule has 0 bridgehead atoms. The molecule has 7 nitrogen and oxygen atoms in total.